The van der Waals surface area contributed by atoms with Crippen molar-refractivity contribution in [2.75, 3.05) is 19.7 Å². The lowest BCUT2D eigenvalue weighted by atomic mass is 9.96. The van der Waals surface area contributed by atoms with Crippen molar-refractivity contribution >= 4 is 5.91 Å². The van der Waals surface area contributed by atoms with Crippen LogP contribution in [0.2, 0.25) is 0 Å². The number of amides is 1. The third kappa shape index (κ3) is 7.68. The number of rotatable bonds is 14. The fourth-order valence-corrected chi connectivity index (χ4v) is 4.89. The van der Waals surface area contributed by atoms with E-state index in [-0.39, 0.29) is 5.91 Å². The molecule has 0 saturated heterocycles. The second kappa shape index (κ2) is 14.4. The number of nitrogens with one attached hydrogen (secondary N) is 1. The Hall–Kier alpha value is -4.27. The number of benzene rings is 2. The summed E-state index contributed by atoms with van der Waals surface area (Å²) >= 11 is 0. The highest BCUT2D eigenvalue weighted by molar-refractivity contribution is 5.80. The van der Waals surface area contributed by atoms with E-state index >= 15 is 0 Å². The number of aromatic amines is 1. The minimum Gasteiger partial charge on any atom is -0.477 e. The summed E-state index contributed by atoms with van der Waals surface area (Å²) in [7, 11) is 0. The average Bonchev–Trinajstić information content (AvgIpc) is 3.42. The van der Waals surface area contributed by atoms with Gasteiger partial charge < -0.3 is 9.64 Å². The summed E-state index contributed by atoms with van der Waals surface area (Å²) < 4.78 is 10.9. The minimum atomic E-state index is -0.585. The molecule has 0 aliphatic rings. The van der Waals surface area contributed by atoms with Crippen molar-refractivity contribution in [1.29, 1.82) is 0 Å². The molecule has 0 aliphatic heterocycles. The van der Waals surface area contributed by atoms with Crippen LogP contribution in [-0.2, 0) is 17.6 Å². The SMILES string of the molecule is CCCCc1nc(C)nc(OCCCC(=O)N(CC)CC)c1Cc1ccc(-c2ccccc2-c2noc(=O)[nH]2)cc1. The molecule has 41 heavy (non-hydrogen) atoms. The molecule has 1 amide bonds. The van der Waals surface area contributed by atoms with Crippen LogP contribution in [0.3, 0.4) is 0 Å². The molecular formula is C32H39N5O4. The van der Waals surface area contributed by atoms with Gasteiger partial charge in [0.15, 0.2) is 5.82 Å². The van der Waals surface area contributed by atoms with Crippen LogP contribution in [0.15, 0.2) is 57.8 Å². The fourth-order valence-electron chi connectivity index (χ4n) is 4.89. The lowest BCUT2D eigenvalue weighted by molar-refractivity contribution is -0.131. The standard InChI is InChI=1S/C32H39N5O4/c1-5-8-14-28-27(31(34-22(4)33-28)40-20-11-15-29(38)37(6-2)7-3)21-23-16-18-24(19-17-23)25-12-9-10-13-26(25)30-35-32(39)41-36-30/h9-10,12-13,16-19H,5-8,11,14-15,20-21H2,1-4H3,(H,35,36,39). The van der Waals surface area contributed by atoms with Gasteiger partial charge in [0.05, 0.1) is 12.3 Å². The lowest BCUT2D eigenvalue weighted by Crippen LogP contribution is -2.30. The first-order valence-corrected chi connectivity index (χ1v) is 14.4. The number of ether oxygens (including phenoxy) is 1. The summed E-state index contributed by atoms with van der Waals surface area (Å²) in [5.74, 6) is 1.25. The quantitative estimate of drug-likeness (QED) is 0.196. The van der Waals surface area contributed by atoms with Crippen LogP contribution in [0.25, 0.3) is 22.5 Å². The van der Waals surface area contributed by atoms with Crippen LogP contribution in [-0.4, -0.2) is 50.6 Å². The van der Waals surface area contributed by atoms with Crippen molar-refractivity contribution in [3.05, 3.63) is 81.7 Å². The predicted octanol–water partition coefficient (Wildman–Crippen LogP) is 5.76. The van der Waals surface area contributed by atoms with E-state index < -0.39 is 5.76 Å². The van der Waals surface area contributed by atoms with E-state index in [1.54, 1.807) is 0 Å². The number of carbonyl (C=O) groups excluding carboxylic acids is 1. The maximum absolute atomic E-state index is 12.4. The molecule has 0 aliphatic carbocycles. The van der Waals surface area contributed by atoms with Crippen LogP contribution in [0.1, 0.15) is 69.1 Å². The molecule has 0 spiro atoms. The number of unbranched alkanes of at least 4 members (excludes halogenated alkanes) is 1. The molecule has 216 valence electrons. The highest BCUT2D eigenvalue weighted by atomic mass is 16.5. The Morgan fingerprint density at radius 2 is 1.71 bits per heavy atom. The van der Waals surface area contributed by atoms with Crippen LogP contribution < -0.4 is 10.5 Å². The Labute approximate surface area is 241 Å². The van der Waals surface area contributed by atoms with Gasteiger partial charge in [-0.05, 0) is 56.7 Å². The molecule has 2 aromatic carbocycles. The zero-order chi connectivity index (χ0) is 29.2. The van der Waals surface area contributed by atoms with Gasteiger partial charge in [-0.1, -0.05) is 67.0 Å². The summed E-state index contributed by atoms with van der Waals surface area (Å²) in [5.41, 5.74) is 5.83. The third-order valence-corrected chi connectivity index (χ3v) is 7.09. The molecule has 4 rings (SSSR count). The van der Waals surface area contributed by atoms with Gasteiger partial charge in [-0.25, -0.2) is 9.78 Å². The zero-order valence-electron chi connectivity index (χ0n) is 24.4. The largest absolute Gasteiger partial charge is 0.477 e. The van der Waals surface area contributed by atoms with Gasteiger partial charge in [-0.3, -0.25) is 14.3 Å². The van der Waals surface area contributed by atoms with Gasteiger partial charge in [-0.15, -0.1) is 0 Å². The van der Waals surface area contributed by atoms with Gasteiger partial charge in [-0.2, -0.15) is 4.98 Å². The summed E-state index contributed by atoms with van der Waals surface area (Å²) in [6.45, 7) is 9.91. The molecule has 1 N–H and O–H groups in total. The molecule has 2 aromatic heterocycles. The van der Waals surface area contributed by atoms with E-state index in [0.717, 1.165) is 65.9 Å². The molecule has 0 radical (unpaired) electrons. The predicted molar refractivity (Wildman–Crippen MR) is 159 cm³/mol. The van der Waals surface area contributed by atoms with E-state index in [1.165, 1.54) is 0 Å². The summed E-state index contributed by atoms with van der Waals surface area (Å²) in [5, 5.41) is 3.86. The van der Waals surface area contributed by atoms with Crippen LogP contribution >= 0.6 is 0 Å². The topological polar surface area (TPSA) is 114 Å². The number of carbonyl (C=O) groups is 1. The highest BCUT2D eigenvalue weighted by Crippen LogP contribution is 2.31. The Kier molecular flexibility index (Phi) is 10.4. The maximum Gasteiger partial charge on any atom is 0.439 e. The van der Waals surface area contributed by atoms with E-state index in [1.807, 2.05) is 49.9 Å². The van der Waals surface area contributed by atoms with E-state index in [0.29, 0.717) is 43.4 Å². The van der Waals surface area contributed by atoms with Crippen molar-refractivity contribution in [2.45, 2.75) is 66.2 Å². The molecule has 0 bridgehead atoms. The Morgan fingerprint density at radius 3 is 2.37 bits per heavy atom. The molecule has 0 unspecified atom stereocenters. The van der Waals surface area contributed by atoms with Crippen molar-refractivity contribution in [2.24, 2.45) is 0 Å². The monoisotopic (exact) mass is 557 g/mol. The molecule has 0 fully saturated rings. The van der Waals surface area contributed by atoms with Crippen molar-refractivity contribution in [3.8, 4) is 28.4 Å². The van der Waals surface area contributed by atoms with Crippen LogP contribution in [0.4, 0.5) is 0 Å². The minimum absolute atomic E-state index is 0.151. The third-order valence-electron chi connectivity index (χ3n) is 7.09. The first kappa shape index (κ1) is 29.7. The van der Waals surface area contributed by atoms with Gasteiger partial charge in [0.25, 0.3) is 0 Å². The molecule has 0 saturated carbocycles. The number of H-pyrrole nitrogens is 1. The van der Waals surface area contributed by atoms with E-state index in [9.17, 15) is 9.59 Å². The molecule has 0 atom stereocenters. The van der Waals surface area contributed by atoms with Crippen molar-refractivity contribution < 1.29 is 14.1 Å². The molecule has 4 aromatic rings. The highest BCUT2D eigenvalue weighted by Gasteiger charge is 2.17. The van der Waals surface area contributed by atoms with Gasteiger partial charge in [0.2, 0.25) is 11.8 Å². The number of aromatic nitrogens is 4. The fraction of sp³-hybridized carbons (Fsp3) is 0.406. The second-order valence-electron chi connectivity index (χ2n) is 9.99. The first-order chi connectivity index (χ1) is 19.9. The Balaban J connectivity index is 1.55. The summed E-state index contributed by atoms with van der Waals surface area (Å²) in [4.78, 5) is 37.8. The maximum atomic E-state index is 12.4. The smallest absolute Gasteiger partial charge is 0.439 e. The van der Waals surface area contributed by atoms with Crippen molar-refractivity contribution in [3.63, 3.8) is 0 Å². The van der Waals surface area contributed by atoms with Crippen LogP contribution in [0, 0.1) is 6.92 Å². The first-order valence-electron chi connectivity index (χ1n) is 14.4. The number of nitrogens with zero attached hydrogens (tertiary/aromatic N) is 4. The Morgan fingerprint density at radius 1 is 0.976 bits per heavy atom. The van der Waals surface area contributed by atoms with Gasteiger partial charge in [0.1, 0.15) is 5.82 Å². The van der Waals surface area contributed by atoms with Crippen molar-refractivity contribution in [1.82, 2.24) is 25.0 Å². The zero-order valence-corrected chi connectivity index (χ0v) is 24.4. The molecule has 2 heterocycles. The van der Waals surface area contributed by atoms with Crippen LogP contribution in [0.5, 0.6) is 5.88 Å². The van der Waals surface area contributed by atoms with E-state index in [4.69, 9.17) is 14.2 Å². The number of aryl methyl sites for hydroxylation is 2. The molecule has 9 nitrogen and oxygen atoms in total. The normalized spacial score (nSPS) is 11.0. The van der Waals surface area contributed by atoms with E-state index in [2.05, 4.69) is 46.3 Å². The molecular weight excluding hydrogens is 518 g/mol. The Bertz CT molecular complexity index is 1490. The summed E-state index contributed by atoms with van der Waals surface area (Å²) in [6.07, 6.45) is 4.67. The average molecular weight is 558 g/mol. The molecule has 9 heteroatoms. The van der Waals surface area contributed by atoms with Gasteiger partial charge >= 0.3 is 5.76 Å². The summed E-state index contributed by atoms with van der Waals surface area (Å²) in [6, 6.07) is 16.1. The number of hydrogen-bond acceptors (Lipinski definition) is 7. The van der Waals surface area contributed by atoms with Gasteiger partial charge in [0, 0.05) is 37.1 Å². The lowest BCUT2D eigenvalue weighted by Gasteiger charge is -2.19. The second-order valence-corrected chi connectivity index (χ2v) is 9.99. The number of hydrogen-bond donors (Lipinski definition) is 1.